The zero-order valence-electron chi connectivity index (χ0n) is 15.4. The smallest absolute Gasteiger partial charge is 0.260 e. The second kappa shape index (κ2) is 7.18. The van der Waals surface area contributed by atoms with E-state index in [4.69, 9.17) is 11.5 Å². The molecule has 5 N–H and O–H groups in total. The number of hydrogen-bond acceptors (Lipinski definition) is 7. The zero-order chi connectivity index (χ0) is 19.8. The molecule has 0 aliphatic rings. The second-order valence-electron chi connectivity index (χ2n) is 7.43. The summed E-state index contributed by atoms with van der Waals surface area (Å²) in [4.78, 5) is 18.1. The molecule has 3 aromatic heterocycles. The van der Waals surface area contributed by atoms with Crippen LogP contribution in [0.5, 0.6) is 0 Å². The molecule has 0 saturated carbocycles. The molecule has 0 aromatic carbocycles. The van der Waals surface area contributed by atoms with Gasteiger partial charge in [-0.2, -0.15) is 5.26 Å². The fourth-order valence-electron chi connectivity index (χ4n) is 2.80. The summed E-state index contributed by atoms with van der Waals surface area (Å²) in [5, 5.41) is 15.7. The highest BCUT2D eigenvalue weighted by molar-refractivity contribution is 7.21. The van der Waals surface area contributed by atoms with Crippen LogP contribution < -0.4 is 16.8 Å². The maximum atomic E-state index is 11.8. The summed E-state index contributed by atoms with van der Waals surface area (Å²) in [6.07, 6.45) is 0.922. The molecule has 0 aliphatic carbocycles. The zero-order valence-corrected chi connectivity index (χ0v) is 17.1. The molecular weight excluding hydrogens is 378 g/mol. The first-order chi connectivity index (χ1) is 12.7. The predicted molar refractivity (Wildman–Crippen MR) is 113 cm³/mol. The van der Waals surface area contributed by atoms with E-state index in [2.05, 4.69) is 37.1 Å². The lowest BCUT2D eigenvalue weighted by Crippen LogP contribution is -2.14. The number of nitriles is 1. The van der Waals surface area contributed by atoms with Gasteiger partial charge in [0.1, 0.15) is 27.2 Å². The van der Waals surface area contributed by atoms with Crippen LogP contribution in [0.3, 0.4) is 0 Å². The van der Waals surface area contributed by atoms with Crippen molar-refractivity contribution in [3.63, 3.8) is 0 Å². The molecule has 0 bridgehead atoms. The number of anilines is 2. The number of carbonyl (C=O) groups is 1. The van der Waals surface area contributed by atoms with Crippen LogP contribution in [0.2, 0.25) is 0 Å². The number of aromatic nitrogens is 1. The Morgan fingerprint density at radius 2 is 2.15 bits per heavy atom. The van der Waals surface area contributed by atoms with Gasteiger partial charge in [-0.3, -0.25) is 4.79 Å². The van der Waals surface area contributed by atoms with Gasteiger partial charge in [0.2, 0.25) is 0 Å². The van der Waals surface area contributed by atoms with E-state index in [0.717, 1.165) is 22.6 Å². The molecule has 0 spiro atoms. The molecule has 140 valence electrons. The summed E-state index contributed by atoms with van der Waals surface area (Å²) in [5.41, 5.74) is 13.3. The van der Waals surface area contributed by atoms with Gasteiger partial charge in [-0.1, -0.05) is 26.8 Å². The Kier molecular flexibility index (Phi) is 5.09. The number of nitrogens with two attached hydrogens (primary N) is 2. The fourth-order valence-corrected chi connectivity index (χ4v) is 4.54. The highest BCUT2D eigenvalue weighted by atomic mass is 32.1. The Morgan fingerprint density at radius 3 is 2.70 bits per heavy atom. The van der Waals surface area contributed by atoms with Crippen LogP contribution in [0.15, 0.2) is 17.5 Å². The lowest BCUT2D eigenvalue weighted by atomic mass is 9.92. The first kappa shape index (κ1) is 19.1. The summed E-state index contributed by atoms with van der Waals surface area (Å²) >= 11 is 2.67. The van der Waals surface area contributed by atoms with E-state index in [1.54, 1.807) is 0 Å². The van der Waals surface area contributed by atoms with E-state index < -0.39 is 5.91 Å². The molecule has 27 heavy (non-hydrogen) atoms. The highest BCUT2D eigenvalue weighted by Gasteiger charge is 2.24. The summed E-state index contributed by atoms with van der Waals surface area (Å²) in [7, 11) is 0. The van der Waals surface area contributed by atoms with Crippen LogP contribution in [0.25, 0.3) is 20.7 Å². The van der Waals surface area contributed by atoms with Crippen molar-refractivity contribution in [1.29, 1.82) is 5.26 Å². The van der Waals surface area contributed by atoms with Gasteiger partial charge in [0.25, 0.3) is 5.91 Å². The van der Waals surface area contributed by atoms with Crippen LogP contribution in [0, 0.1) is 16.7 Å². The average Bonchev–Trinajstić information content (AvgIpc) is 3.21. The van der Waals surface area contributed by atoms with Crippen LogP contribution in [-0.4, -0.2) is 17.4 Å². The summed E-state index contributed by atoms with van der Waals surface area (Å²) in [6, 6.07) is 6.12. The van der Waals surface area contributed by atoms with Gasteiger partial charge < -0.3 is 16.8 Å². The largest absolute Gasteiger partial charge is 0.397 e. The first-order valence-corrected chi connectivity index (χ1v) is 10.2. The maximum absolute atomic E-state index is 11.8. The Morgan fingerprint density at radius 1 is 1.41 bits per heavy atom. The molecule has 6 nitrogen and oxygen atoms in total. The number of primary amides is 1. The van der Waals surface area contributed by atoms with E-state index in [1.807, 2.05) is 17.5 Å². The van der Waals surface area contributed by atoms with Crippen molar-refractivity contribution in [2.75, 3.05) is 17.6 Å². The van der Waals surface area contributed by atoms with Gasteiger partial charge in [-0.05, 0) is 23.3 Å². The van der Waals surface area contributed by atoms with Gasteiger partial charge in [0, 0.05) is 22.4 Å². The van der Waals surface area contributed by atoms with Crippen molar-refractivity contribution in [1.82, 2.24) is 4.98 Å². The third kappa shape index (κ3) is 3.75. The van der Waals surface area contributed by atoms with Crippen LogP contribution in [0.1, 0.15) is 42.4 Å². The molecule has 0 aliphatic heterocycles. The van der Waals surface area contributed by atoms with Gasteiger partial charge in [-0.15, -0.1) is 22.7 Å². The van der Waals surface area contributed by atoms with Gasteiger partial charge in [0.15, 0.2) is 0 Å². The van der Waals surface area contributed by atoms with Gasteiger partial charge in [0.05, 0.1) is 5.69 Å². The first-order valence-electron chi connectivity index (χ1n) is 8.46. The number of thiophene rings is 2. The van der Waals surface area contributed by atoms with Crippen molar-refractivity contribution in [3.05, 3.63) is 28.0 Å². The molecule has 0 radical (unpaired) electrons. The number of nitrogens with one attached hydrogen (secondary N) is 1. The standard InChI is InChI=1S/C19H21N5OS2/c1-19(2,3)6-7-23-17-10(9-20)12(11-5-4-8-26-11)13-14(21)15(16(22)25)27-18(13)24-17/h4-5,8H,6-7,21H2,1-3H3,(H2,22,25)(H,23,24). The van der Waals surface area contributed by atoms with Crippen LogP contribution >= 0.6 is 22.7 Å². The lowest BCUT2D eigenvalue weighted by molar-refractivity contribution is 0.100. The molecule has 3 rings (SSSR count). The third-order valence-electron chi connectivity index (χ3n) is 4.15. The topological polar surface area (TPSA) is 118 Å². The van der Waals surface area contributed by atoms with Crippen molar-refractivity contribution in [3.8, 4) is 16.5 Å². The third-order valence-corrected chi connectivity index (χ3v) is 6.15. The van der Waals surface area contributed by atoms with E-state index in [0.29, 0.717) is 33.7 Å². The summed E-state index contributed by atoms with van der Waals surface area (Å²) in [6.45, 7) is 7.16. The number of nitrogens with zero attached hydrogens (tertiary/aromatic N) is 2. The maximum Gasteiger partial charge on any atom is 0.260 e. The molecular formula is C19H21N5OS2. The normalized spacial score (nSPS) is 11.5. The minimum absolute atomic E-state index is 0.160. The number of nitrogen functional groups attached to an aromatic ring is 1. The van der Waals surface area contributed by atoms with Crippen molar-refractivity contribution in [2.24, 2.45) is 11.1 Å². The second-order valence-corrected chi connectivity index (χ2v) is 9.37. The molecule has 1 amide bonds. The SMILES string of the molecule is CC(C)(C)CCNc1nc2sc(C(N)=O)c(N)c2c(-c2cccs2)c1C#N. The Hall–Kier alpha value is -2.63. The monoisotopic (exact) mass is 399 g/mol. The lowest BCUT2D eigenvalue weighted by Gasteiger charge is -2.19. The minimum Gasteiger partial charge on any atom is -0.397 e. The van der Waals surface area contributed by atoms with Crippen LogP contribution in [-0.2, 0) is 0 Å². The number of fused-ring (bicyclic) bond motifs is 1. The van der Waals surface area contributed by atoms with Crippen LogP contribution in [0.4, 0.5) is 11.5 Å². The average molecular weight is 400 g/mol. The molecule has 0 atom stereocenters. The molecule has 3 heterocycles. The Balaban J connectivity index is 2.23. The van der Waals surface area contributed by atoms with E-state index in [-0.39, 0.29) is 16.0 Å². The number of amides is 1. The number of pyridine rings is 1. The Bertz CT molecular complexity index is 1040. The quantitative estimate of drug-likeness (QED) is 0.587. The van der Waals surface area contributed by atoms with E-state index in [1.165, 1.54) is 11.3 Å². The molecule has 0 saturated heterocycles. The van der Waals surface area contributed by atoms with E-state index in [9.17, 15) is 10.1 Å². The molecule has 8 heteroatoms. The van der Waals surface area contributed by atoms with Crippen molar-refractivity contribution >= 4 is 50.3 Å². The Labute approximate surface area is 165 Å². The molecule has 0 fully saturated rings. The molecule has 3 aromatic rings. The van der Waals surface area contributed by atoms with Gasteiger partial charge in [-0.25, -0.2) is 4.98 Å². The minimum atomic E-state index is -0.589. The predicted octanol–water partition coefficient (Wildman–Crippen LogP) is 4.43. The van der Waals surface area contributed by atoms with Gasteiger partial charge >= 0.3 is 0 Å². The summed E-state index contributed by atoms with van der Waals surface area (Å²) in [5.74, 6) is -0.0803. The van der Waals surface area contributed by atoms with Crippen molar-refractivity contribution in [2.45, 2.75) is 27.2 Å². The number of hydrogen-bond donors (Lipinski definition) is 3. The summed E-state index contributed by atoms with van der Waals surface area (Å²) < 4.78 is 0. The van der Waals surface area contributed by atoms with Crippen molar-refractivity contribution < 1.29 is 4.79 Å². The van der Waals surface area contributed by atoms with E-state index >= 15 is 0 Å². The fraction of sp³-hybridized carbons (Fsp3) is 0.316. The number of carbonyl (C=O) groups excluding carboxylic acids is 1. The molecule has 0 unspecified atom stereocenters. The number of rotatable bonds is 5. The highest BCUT2D eigenvalue weighted by Crippen LogP contribution is 2.44.